The second-order valence-corrected chi connectivity index (χ2v) is 8.74. The summed E-state index contributed by atoms with van der Waals surface area (Å²) >= 11 is 1.71. The fourth-order valence-electron chi connectivity index (χ4n) is 3.95. The molecule has 0 unspecified atom stereocenters. The zero-order valence-corrected chi connectivity index (χ0v) is 17.5. The van der Waals surface area contributed by atoms with Crippen LogP contribution in [0.2, 0.25) is 0 Å². The Morgan fingerprint density at radius 1 is 1.18 bits per heavy atom. The number of ketones is 1. The lowest BCUT2D eigenvalue weighted by Gasteiger charge is -2.32. The number of unbranched alkanes of at least 4 members (excludes halogenated alkanes) is 3. The van der Waals surface area contributed by atoms with Gasteiger partial charge in [-0.1, -0.05) is 67.8 Å². The van der Waals surface area contributed by atoms with Gasteiger partial charge in [0.25, 0.3) is 0 Å². The van der Waals surface area contributed by atoms with Gasteiger partial charge >= 0.3 is 0 Å². The molecule has 1 aromatic heterocycles. The fourth-order valence-corrected chi connectivity index (χ4v) is 4.77. The molecule has 28 heavy (non-hydrogen) atoms. The van der Waals surface area contributed by atoms with Crippen molar-refractivity contribution in [1.29, 1.82) is 0 Å². The maximum Gasteiger partial charge on any atom is 0.227 e. The van der Waals surface area contributed by atoms with Crippen molar-refractivity contribution < 1.29 is 4.79 Å². The topological polar surface area (TPSA) is 59.8 Å². The average Bonchev–Trinajstić information content (AvgIpc) is 3.09. The van der Waals surface area contributed by atoms with Crippen LogP contribution in [0, 0.1) is 6.92 Å². The Labute approximate surface area is 171 Å². The summed E-state index contributed by atoms with van der Waals surface area (Å²) in [5, 5.41) is 9.00. The number of hydrogen-bond acceptors (Lipinski definition) is 5. The average molecular weight is 397 g/mol. The van der Waals surface area contributed by atoms with Crippen LogP contribution in [-0.4, -0.2) is 26.3 Å². The van der Waals surface area contributed by atoms with Crippen molar-refractivity contribution in [2.24, 2.45) is 0 Å². The largest absolute Gasteiger partial charge is 0.328 e. The second-order valence-electron chi connectivity index (χ2n) is 7.68. The van der Waals surface area contributed by atoms with E-state index in [0.717, 1.165) is 46.5 Å². The molecule has 6 heteroatoms. The third-order valence-corrected chi connectivity index (χ3v) is 6.39. The van der Waals surface area contributed by atoms with Gasteiger partial charge in [0.1, 0.15) is 6.04 Å². The molecule has 0 bridgehead atoms. The molecular formula is C22H28N4OS. The molecule has 1 aliphatic heterocycles. The molecule has 2 aliphatic rings. The molecule has 1 aromatic carbocycles. The molecule has 4 rings (SSSR count). The minimum absolute atomic E-state index is 0.179. The van der Waals surface area contributed by atoms with Crippen LogP contribution in [0.5, 0.6) is 0 Å². The minimum atomic E-state index is -0.179. The first kappa shape index (κ1) is 19.2. The van der Waals surface area contributed by atoms with E-state index in [9.17, 15) is 4.79 Å². The van der Waals surface area contributed by atoms with E-state index in [4.69, 9.17) is 10.1 Å². The maximum atomic E-state index is 12.8. The van der Waals surface area contributed by atoms with E-state index in [1.165, 1.54) is 31.2 Å². The fraction of sp³-hybridized carbons (Fsp3) is 0.500. The molecule has 2 aromatic rings. The van der Waals surface area contributed by atoms with Gasteiger partial charge in [-0.25, -0.2) is 4.68 Å². The molecule has 0 amide bonds. The van der Waals surface area contributed by atoms with Crippen molar-refractivity contribution in [2.75, 3.05) is 11.1 Å². The van der Waals surface area contributed by atoms with Crippen LogP contribution < -0.4 is 5.32 Å². The normalized spacial score (nSPS) is 18.6. The number of nitrogens with zero attached hydrogens (tertiary/aromatic N) is 3. The van der Waals surface area contributed by atoms with Crippen molar-refractivity contribution in [3.8, 4) is 0 Å². The summed E-state index contributed by atoms with van der Waals surface area (Å²) in [6.07, 6.45) is 7.38. The number of Topliss-reactive ketones (excluding diaryl/α,β-unsaturated/α-hetero) is 1. The van der Waals surface area contributed by atoms with E-state index in [2.05, 4.69) is 43.4 Å². The van der Waals surface area contributed by atoms with E-state index < -0.39 is 0 Å². The number of anilines is 1. The molecule has 0 spiro atoms. The summed E-state index contributed by atoms with van der Waals surface area (Å²) in [6.45, 7) is 4.31. The van der Waals surface area contributed by atoms with Crippen LogP contribution in [0.4, 0.5) is 5.95 Å². The van der Waals surface area contributed by atoms with Gasteiger partial charge in [0.2, 0.25) is 11.1 Å². The number of thioether (sulfide) groups is 1. The zero-order chi connectivity index (χ0) is 19.5. The number of aromatic nitrogens is 3. The first-order valence-electron chi connectivity index (χ1n) is 10.4. The summed E-state index contributed by atoms with van der Waals surface area (Å²) in [7, 11) is 0. The van der Waals surface area contributed by atoms with E-state index in [1.807, 2.05) is 4.68 Å². The Morgan fingerprint density at radius 3 is 2.79 bits per heavy atom. The molecule has 1 atom stereocenters. The number of nitrogens with one attached hydrogen (secondary N) is 1. The lowest BCUT2D eigenvalue weighted by Crippen LogP contribution is -2.31. The van der Waals surface area contributed by atoms with Gasteiger partial charge in [0.05, 0.1) is 0 Å². The first-order chi connectivity index (χ1) is 13.7. The number of benzene rings is 1. The third kappa shape index (κ3) is 3.88. The number of carbonyl (C=O) groups is 1. The molecule has 0 radical (unpaired) electrons. The third-order valence-electron chi connectivity index (χ3n) is 5.47. The van der Waals surface area contributed by atoms with Crippen molar-refractivity contribution in [1.82, 2.24) is 14.8 Å². The van der Waals surface area contributed by atoms with Crippen LogP contribution in [0.25, 0.3) is 0 Å². The number of fused-ring (bicyclic) bond motifs is 1. The Hall–Kier alpha value is -2.08. The van der Waals surface area contributed by atoms with Gasteiger partial charge in [0.15, 0.2) is 5.78 Å². The van der Waals surface area contributed by atoms with E-state index in [-0.39, 0.29) is 11.8 Å². The van der Waals surface area contributed by atoms with Crippen LogP contribution in [0.3, 0.4) is 0 Å². The van der Waals surface area contributed by atoms with E-state index in [1.54, 1.807) is 11.8 Å². The van der Waals surface area contributed by atoms with Crippen molar-refractivity contribution >= 4 is 23.5 Å². The van der Waals surface area contributed by atoms with Crippen LogP contribution in [0.15, 0.2) is 40.7 Å². The number of allylic oxidation sites excluding steroid dienone is 2. The lowest BCUT2D eigenvalue weighted by atomic mass is 9.85. The summed E-state index contributed by atoms with van der Waals surface area (Å²) in [5.41, 5.74) is 4.21. The number of aryl methyl sites for hydroxylation is 1. The van der Waals surface area contributed by atoms with Gasteiger partial charge in [-0.05, 0) is 31.7 Å². The number of hydrogen-bond donors (Lipinski definition) is 1. The Bertz CT molecular complexity index is 884. The molecule has 0 fully saturated rings. The van der Waals surface area contributed by atoms with Gasteiger partial charge in [-0.3, -0.25) is 4.79 Å². The van der Waals surface area contributed by atoms with Crippen molar-refractivity contribution in [3.05, 3.63) is 46.7 Å². The highest BCUT2D eigenvalue weighted by molar-refractivity contribution is 7.99. The summed E-state index contributed by atoms with van der Waals surface area (Å²) < 4.78 is 1.92. The lowest BCUT2D eigenvalue weighted by molar-refractivity contribution is -0.116. The quantitative estimate of drug-likeness (QED) is 0.509. The highest BCUT2D eigenvalue weighted by Crippen LogP contribution is 2.40. The summed E-state index contributed by atoms with van der Waals surface area (Å²) in [5.74, 6) is 2.02. The van der Waals surface area contributed by atoms with Crippen molar-refractivity contribution in [3.63, 3.8) is 0 Å². The summed E-state index contributed by atoms with van der Waals surface area (Å²) in [4.78, 5) is 17.5. The molecule has 1 N–H and O–H groups in total. The number of carbonyl (C=O) groups excluding carboxylic acids is 1. The van der Waals surface area contributed by atoms with Crippen LogP contribution in [-0.2, 0) is 4.79 Å². The Kier molecular flexibility index (Phi) is 5.85. The molecular weight excluding hydrogens is 368 g/mol. The molecule has 0 saturated heterocycles. The van der Waals surface area contributed by atoms with Gasteiger partial charge in [-0.2, -0.15) is 4.98 Å². The highest BCUT2D eigenvalue weighted by Gasteiger charge is 2.36. The van der Waals surface area contributed by atoms with E-state index in [0.29, 0.717) is 6.42 Å². The van der Waals surface area contributed by atoms with E-state index >= 15 is 0 Å². The minimum Gasteiger partial charge on any atom is -0.328 e. The Morgan fingerprint density at radius 2 is 2.00 bits per heavy atom. The van der Waals surface area contributed by atoms with Crippen LogP contribution in [0.1, 0.15) is 69.0 Å². The molecule has 0 saturated carbocycles. The van der Waals surface area contributed by atoms with Gasteiger partial charge in [0, 0.05) is 23.4 Å². The highest BCUT2D eigenvalue weighted by atomic mass is 32.2. The van der Waals surface area contributed by atoms with Gasteiger partial charge in [-0.15, -0.1) is 5.10 Å². The SMILES string of the molecule is CCCCCCSc1nc2n(n1)[C@@H](c1ccc(C)cc1)C1=C(CCCC1=O)N2. The van der Waals surface area contributed by atoms with Crippen molar-refractivity contribution in [2.45, 2.75) is 70.0 Å². The predicted molar refractivity (Wildman–Crippen MR) is 114 cm³/mol. The second kappa shape index (κ2) is 8.52. The number of rotatable bonds is 7. The summed E-state index contributed by atoms with van der Waals surface area (Å²) in [6, 6.07) is 8.25. The van der Waals surface area contributed by atoms with Gasteiger partial charge < -0.3 is 5.32 Å². The van der Waals surface area contributed by atoms with Crippen LogP contribution >= 0.6 is 11.8 Å². The standard InChI is InChI=1S/C22H28N4OS/c1-3-4-5-6-14-28-22-24-21-23-17-8-7-9-18(27)19(17)20(26(21)25-22)16-12-10-15(2)11-13-16/h10-13,20H,3-9,14H2,1-2H3,(H,23,24,25)/t20-/m0/s1. The molecule has 5 nitrogen and oxygen atoms in total. The molecule has 148 valence electrons. The molecule has 2 heterocycles. The smallest absolute Gasteiger partial charge is 0.227 e. The zero-order valence-electron chi connectivity index (χ0n) is 16.7. The monoisotopic (exact) mass is 396 g/mol. The predicted octanol–water partition coefficient (Wildman–Crippen LogP) is 5.28. The first-order valence-corrected chi connectivity index (χ1v) is 11.3. The Balaban J connectivity index is 1.64. The maximum absolute atomic E-state index is 12.8. The molecule has 1 aliphatic carbocycles.